The van der Waals surface area contributed by atoms with Gasteiger partial charge < -0.3 is 4.74 Å². The maximum Gasteiger partial charge on any atom is 0.250 e. The van der Waals surface area contributed by atoms with Crippen LogP contribution in [0.4, 0.5) is 8.78 Å². The van der Waals surface area contributed by atoms with E-state index in [0.29, 0.717) is 6.42 Å². The van der Waals surface area contributed by atoms with Gasteiger partial charge in [0.05, 0.1) is 12.2 Å². The Kier molecular flexibility index (Phi) is 6.06. The Hall–Kier alpha value is -0.180. The molecule has 0 N–H and O–H groups in total. The summed E-state index contributed by atoms with van der Waals surface area (Å²) in [5.41, 5.74) is -0.195. The number of hydrogen-bond donors (Lipinski definition) is 0. The van der Waals surface area contributed by atoms with Crippen molar-refractivity contribution < 1.29 is 13.5 Å². The van der Waals surface area contributed by atoms with Gasteiger partial charge in [-0.3, -0.25) is 0 Å². The molecular formula is C14H28F2O. The summed E-state index contributed by atoms with van der Waals surface area (Å²) < 4.78 is 32.3. The second kappa shape index (κ2) is 6.12. The second-order valence-corrected chi connectivity index (χ2v) is 6.98. The van der Waals surface area contributed by atoms with Gasteiger partial charge in [0.15, 0.2) is 0 Å². The molecule has 1 nitrogen and oxygen atoms in total. The third kappa shape index (κ3) is 12.1. The molecule has 0 aromatic heterocycles. The van der Waals surface area contributed by atoms with Crippen LogP contribution in [0.15, 0.2) is 0 Å². The summed E-state index contributed by atoms with van der Waals surface area (Å²) in [5.74, 6) is -2.59. The van der Waals surface area contributed by atoms with Crippen molar-refractivity contribution in [2.75, 3.05) is 6.61 Å². The molecule has 0 atom stereocenters. The average molecular weight is 250 g/mol. The number of halogens is 2. The first-order valence-corrected chi connectivity index (χ1v) is 6.43. The lowest BCUT2D eigenvalue weighted by atomic mass is 9.89. The Balaban J connectivity index is 3.81. The van der Waals surface area contributed by atoms with E-state index in [-0.39, 0.29) is 30.5 Å². The minimum Gasteiger partial charge on any atom is -0.376 e. The van der Waals surface area contributed by atoms with Crippen LogP contribution < -0.4 is 0 Å². The fourth-order valence-corrected chi connectivity index (χ4v) is 1.51. The van der Waals surface area contributed by atoms with Gasteiger partial charge in [0.2, 0.25) is 5.92 Å². The van der Waals surface area contributed by atoms with Gasteiger partial charge in [-0.05, 0) is 39.0 Å². The van der Waals surface area contributed by atoms with Crippen molar-refractivity contribution >= 4 is 0 Å². The highest BCUT2D eigenvalue weighted by Crippen LogP contribution is 2.29. The summed E-state index contributed by atoms with van der Waals surface area (Å²) in [5, 5.41) is 0. The summed E-state index contributed by atoms with van der Waals surface area (Å²) >= 11 is 0. The second-order valence-electron chi connectivity index (χ2n) is 6.98. The van der Waals surface area contributed by atoms with Crippen molar-refractivity contribution in [3.63, 3.8) is 0 Å². The maximum absolute atomic E-state index is 13.5. The molecule has 17 heavy (non-hydrogen) atoms. The summed E-state index contributed by atoms with van der Waals surface area (Å²) in [6.07, 6.45) is 1.21. The lowest BCUT2D eigenvalue weighted by Gasteiger charge is -2.23. The SMILES string of the molecule is CC(C)(C)CCCC(F)(F)CCOC(C)(C)C. The van der Waals surface area contributed by atoms with E-state index in [1.165, 1.54) is 0 Å². The molecule has 0 aromatic carbocycles. The summed E-state index contributed by atoms with van der Waals surface area (Å²) in [6.45, 7) is 12.0. The lowest BCUT2D eigenvalue weighted by molar-refractivity contribution is -0.0717. The molecule has 0 saturated carbocycles. The highest BCUT2D eigenvalue weighted by molar-refractivity contribution is 4.70. The fraction of sp³-hybridized carbons (Fsp3) is 1.00. The summed E-state index contributed by atoms with van der Waals surface area (Å²) in [7, 11) is 0. The first-order chi connectivity index (χ1) is 7.41. The van der Waals surface area contributed by atoms with Crippen LogP contribution in [0, 0.1) is 5.41 Å². The van der Waals surface area contributed by atoms with E-state index in [9.17, 15) is 8.78 Å². The fourth-order valence-electron chi connectivity index (χ4n) is 1.51. The third-order valence-corrected chi connectivity index (χ3v) is 2.47. The van der Waals surface area contributed by atoms with Gasteiger partial charge in [-0.15, -0.1) is 0 Å². The van der Waals surface area contributed by atoms with Gasteiger partial charge in [-0.2, -0.15) is 0 Å². The molecule has 0 unspecified atom stereocenters. The van der Waals surface area contributed by atoms with Crippen LogP contribution in [-0.4, -0.2) is 18.1 Å². The minimum absolute atomic E-state index is 0.0300. The predicted molar refractivity (Wildman–Crippen MR) is 68.6 cm³/mol. The van der Waals surface area contributed by atoms with Crippen LogP contribution in [0.5, 0.6) is 0 Å². The molecule has 0 aliphatic heterocycles. The third-order valence-electron chi connectivity index (χ3n) is 2.47. The van der Waals surface area contributed by atoms with Crippen molar-refractivity contribution in [2.45, 2.75) is 78.7 Å². The van der Waals surface area contributed by atoms with Gasteiger partial charge in [0, 0.05) is 12.8 Å². The monoisotopic (exact) mass is 250 g/mol. The lowest BCUT2D eigenvalue weighted by Crippen LogP contribution is -2.25. The Labute approximate surface area is 105 Å². The van der Waals surface area contributed by atoms with Gasteiger partial charge in [-0.1, -0.05) is 20.8 Å². The van der Waals surface area contributed by atoms with E-state index in [0.717, 1.165) is 6.42 Å². The molecule has 0 aliphatic rings. The summed E-state index contributed by atoms with van der Waals surface area (Å²) in [6, 6.07) is 0. The van der Waals surface area contributed by atoms with Crippen LogP contribution in [0.25, 0.3) is 0 Å². The first kappa shape index (κ1) is 16.8. The van der Waals surface area contributed by atoms with Crippen molar-refractivity contribution in [3.05, 3.63) is 0 Å². The average Bonchev–Trinajstić information content (AvgIpc) is 1.96. The van der Waals surface area contributed by atoms with Crippen molar-refractivity contribution in [1.82, 2.24) is 0 Å². The normalized spacial score (nSPS) is 14.1. The van der Waals surface area contributed by atoms with Crippen molar-refractivity contribution in [3.8, 4) is 0 Å². The molecule has 0 saturated heterocycles. The smallest absolute Gasteiger partial charge is 0.250 e. The molecule has 0 heterocycles. The van der Waals surface area contributed by atoms with Crippen LogP contribution >= 0.6 is 0 Å². The first-order valence-electron chi connectivity index (χ1n) is 6.43. The number of rotatable bonds is 6. The van der Waals surface area contributed by atoms with E-state index in [4.69, 9.17) is 4.74 Å². The molecule has 0 amide bonds. The standard InChI is InChI=1S/C14H28F2O/c1-12(2,3)8-7-9-14(15,16)10-11-17-13(4,5)6/h7-11H2,1-6H3. The van der Waals surface area contributed by atoms with E-state index < -0.39 is 5.92 Å². The van der Waals surface area contributed by atoms with Crippen LogP contribution in [-0.2, 0) is 4.74 Å². The van der Waals surface area contributed by atoms with Gasteiger partial charge in [-0.25, -0.2) is 8.78 Å². The maximum atomic E-state index is 13.5. The highest BCUT2D eigenvalue weighted by Gasteiger charge is 2.29. The van der Waals surface area contributed by atoms with Gasteiger partial charge in [0.1, 0.15) is 0 Å². The minimum atomic E-state index is -2.59. The Morgan fingerprint density at radius 1 is 0.824 bits per heavy atom. The van der Waals surface area contributed by atoms with Crippen LogP contribution in [0.3, 0.4) is 0 Å². The predicted octanol–water partition coefficient (Wildman–Crippen LogP) is 5.04. The molecule has 0 fully saturated rings. The number of ether oxygens (including phenoxy) is 1. The van der Waals surface area contributed by atoms with Crippen LogP contribution in [0.2, 0.25) is 0 Å². The van der Waals surface area contributed by atoms with Crippen LogP contribution in [0.1, 0.15) is 67.2 Å². The Morgan fingerprint density at radius 3 is 1.76 bits per heavy atom. The zero-order valence-electron chi connectivity index (χ0n) is 12.2. The molecule has 0 aromatic rings. The molecule has 0 radical (unpaired) electrons. The topological polar surface area (TPSA) is 9.23 Å². The Bertz CT molecular complexity index is 189. The van der Waals surface area contributed by atoms with E-state index in [1.807, 2.05) is 20.8 Å². The molecule has 104 valence electrons. The van der Waals surface area contributed by atoms with Gasteiger partial charge in [0.25, 0.3) is 0 Å². The van der Waals surface area contributed by atoms with E-state index in [1.54, 1.807) is 0 Å². The van der Waals surface area contributed by atoms with E-state index >= 15 is 0 Å². The highest BCUT2D eigenvalue weighted by atomic mass is 19.3. The van der Waals surface area contributed by atoms with Gasteiger partial charge >= 0.3 is 0 Å². The van der Waals surface area contributed by atoms with Crippen molar-refractivity contribution in [1.29, 1.82) is 0 Å². The zero-order chi connectivity index (χ0) is 13.7. The quantitative estimate of drug-likeness (QED) is 0.641. The molecular weight excluding hydrogens is 222 g/mol. The molecule has 0 bridgehead atoms. The van der Waals surface area contributed by atoms with Crippen molar-refractivity contribution in [2.24, 2.45) is 5.41 Å². The Morgan fingerprint density at radius 2 is 1.35 bits per heavy atom. The van der Waals surface area contributed by atoms with E-state index in [2.05, 4.69) is 20.8 Å². The largest absolute Gasteiger partial charge is 0.376 e. The summed E-state index contributed by atoms with van der Waals surface area (Å²) in [4.78, 5) is 0. The molecule has 0 aliphatic carbocycles. The number of hydrogen-bond acceptors (Lipinski definition) is 1. The molecule has 0 spiro atoms. The molecule has 3 heteroatoms. The number of alkyl halides is 2. The molecule has 0 rings (SSSR count). The zero-order valence-corrected chi connectivity index (χ0v) is 12.2.